The molecule has 0 aliphatic heterocycles. The van der Waals surface area contributed by atoms with Crippen molar-refractivity contribution in [2.45, 2.75) is 0 Å². The molecule has 1 aromatic carbocycles. The first-order valence-electron chi connectivity index (χ1n) is 5.34. The van der Waals surface area contributed by atoms with Crippen molar-refractivity contribution in [3.63, 3.8) is 0 Å². The number of para-hydroxylation sites is 1. The number of methoxy groups -OCH3 is 1. The molecule has 0 spiro atoms. The maximum absolute atomic E-state index is 11.6. The van der Waals surface area contributed by atoms with Gasteiger partial charge in [-0.25, -0.2) is 4.79 Å². The molecule has 0 fully saturated rings. The Morgan fingerprint density at radius 1 is 1.39 bits per heavy atom. The Labute approximate surface area is 106 Å². The van der Waals surface area contributed by atoms with E-state index in [1.165, 1.54) is 18.2 Å². The van der Waals surface area contributed by atoms with Gasteiger partial charge in [0.25, 0.3) is 0 Å². The van der Waals surface area contributed by atoms with Gasteiger partial charge in [0, 0.05) is 14.2 Å². The number of nitrogens with zero attached hydrogens (tertiary/aromatic N) is 2. The summed E-state index contributed by atoms with van der Waals surface area (Å²) in [4.78, 5) is 17.7. The third-order valence-electron chi connectivity index (χ3n) is 1.94. The Morgan fingerprint density at radius 3 is 2.78 bits per heavy atom. The predicted octanol–water partition coefficient (Wildman–Crippen LogP) is 1.72. The summed E-state index contributed by atoms with van der Waals surface area (Å²) in [6.07, 6.45) is 0.991. The lowest BCUT2D eigenvalue weighted by atomic mass is 10.3. The fourth-order valence-electron chi connectivity index (χ4n) is 1.03. The molecule has 0 aliphatic rings. The maximum Gasteiger partial charge on any atom is 0.415 e. The molecule has 0 aliphatic carbocycles. The molecule has 0 heterocycles. The van der Waals surface area contributed by atoms with Crippen LogP contribution in [0.1, 0.15) is 0 Å². The van der Waals surface area contributed by atoms with Crippen LogP contribution in [0.15, 0.2) is 35.5 Å². The van der Waals surface area contributed by atoms with E-state index >= 15 is 0 Å². The number of amides is 1. The average molecular weight is 252 g/mol. The van der Waals surface area contributed by atoms with Gasteiger partial charge < -0.3 is 19.2 Å². The third kappa shape index (κ3) is 5.31. The van der Waals surface area contributed by atoms with Crippen LogP contribution in [0.2, 0.25) is 0 Å². The predicted molar refractivity (Wildman–Crippen MR) is 66.5 cm³/mol. The largest absolute Gasteiger partial charge is 0.415 e. The van der Waals surface area contributed by atoms with E-state index in [0.29, 0.717) is 5.75 Å². The molecule has 0 N–H and O–H groups in total. The summed E-state index contributed by atoms with van der Waals surface area (Å²) in [6, 6.07) is 8.86. The molecular weight excluding hydrogens is 236 g/mol. The van der Waals surface area contributed by atoms with Crippen molar-refractivity contribution in [2.24, 2.45) is 5.16 Å². The van der Waals surface area contributed by atoms with Gasteiger partial charge in [-0.1, -0.05) is 23.4 Å². The van der Waals surface area contributed by atoms with Crippen molar-refractivity contribution in [3.8, 4) is 5.75 Å². The summed E-state index contributed by atoms with van der Waals surface area (Å²) >= 11 is 0. The first-order chi connectivity index (χ1) is 8.74. The van der Waals surface area contributed by atoms with Crippen molar-refractivity contribution in [1.82, 2.24) is 4.90 Å². The molecule has 1 aromatic rings. The first kappa shape index (κ1) is 14.0. The molecule has 0 bridgehead atoms. The van der Waals surface area contributed by atoms with Gasteiger partial charge in [0.05, 0.1) is 12.8 Å². The molecule has 0 saturated carbocycles. The molecular formula is C12H16N2O4. The van der Waals surface area contributed by atoms with Gasteiger partial charge in [-0.05, 0) is 12.1 Å². The smallest absolute Gasteiger partial charge is 0.410 e. The summed E-state index contributed by atoms with van der Waals surface area (Å²) in [5.74, 6) is 0.502. The zero-order valence-corrected chi connectivity index (χ0v) is 10.4. The Bertz CT molecular complexity index is 381. The van der Waals surface area contributed by atoms with Crippen molar-refractivity contribution < 1.29 is 19.1 Å². The van der Waals surface area contributed by atoms with Crippen molar-refractivity contribution >= 4 is 12.3 Å². The fourth-order valence-corrected chi connectivity index (χ4v) is 1.03. The van der Waals surface area contributed by atoms with E-state index in [1.54, 1.807) is 31.3 Å². The quantitative estimate of drug-likeness (QED) is 0.335. The molecule has 6 nitrogen and oxygen atoms in total. The van der Waals surface area contributed by atoms with Crippen molar-refractivity contribution in [3.05, 3.63) is 30.3 Å². The van der Waals surface area contributed by atoms with Crippen molar-refractivity contribution in [1.29, 1.82) is 0 Å². The van der Waals surface area contributed by atoms with Crippen LogP contribution in [0.25, 0.3) is 0 Å². The topological polar surface area (TPSA) is 60.4 Å². The van der Waals surface area contributed by atoms with Crippen LogP contribution in [0, 0.1) is 0 Å². The fraction of sp³-hybridized carbons (Fsp3) is 0.333. The van der Waals surface area contributed by atoms with Gasteiger partial charge in [0.15, 0.2) is 0 Å². The van der Waals surface area contributed by atoms with E-state index in [9.17, 15) is 4.79 Å². The minimum absolute atomic E-state index is 0.0781. The highest BCUT2D eigenvalue weighted by molar-refractivity contribution is 5.74. The van der Waals surface area contributed by atoms with Crippen LogP contribution in [-0.2, 0) is 9.57 Å². The summed E-state index contributed by atoms with van der Waals surface area (Å²) < 4.78 is 9.75. The number of rotatable bonds is 6. The average Bonchev–Trinajstić information content (AvgIpc) is 2.39. The van der Waals surface area contributed by atoms with Crippen LogP contribution in [-0.4, -0.2) is 44.7 Å². The number of carbonyl (C=O) groups is 1. The van der Waals surface area contributed by atoms with E-state index in [-0.39, 0.29) is 13.3 Å². The molecule has 0 unspecified atom stereocenters. The Kier molecular flexibility index (Phi) is 6.27. The van der Waals surface area contributed by atoms with Gasteiger partial charge >= 0.3 is 6.09 Å². The zero-order valence-electron chi connectivity index (χ0n) is 10.4. The van der Waals surface area contributed by atoms with Gasteiger partial charge in [-0.3, -0.25) is 0 Å². The molecule has 98 valence electrons. The van der Waals surface area contributed by atoms with Gasteiger partial charge in [-0.2, -0.15) is 0 Å². The number of hydrogen-bond acceptors (Lipinski definition) is 5. The van der Waals surface area contributed by atoms with E-state index in [0.717, 1.165) is 0 Å². The lowest BCUT2D eigenvalue weighted by Crippen LogP contribution is -2.31. The Morgan fingerprint density at radius 2 is 2.11 bits per heavy atom. The van der Waals surface area contributed by atoms with E-state index in [4.69, 9.17) is 9.57 Å². The lowest BCUT2D eigenvalue weighted by Gasteiger charge is -2.13. The molecule has 0 saturated heterocycles. The van der Waals surface area contributed by atoms with E-state index < -0.39 is 6.09 Å². The molecule has 1 amide bonds. The highest BCUT2D eigenvalue weighted by atomic mass is 16.7. The maximum atomic E-state index is 11.6. The standard InChI is InChI=1S/C12H16N2O4/c1-14(9-8-13-17-10-16-2)12(15)18-11-6-4-3-5-7-11/h3-8H,9-10H2,1-2H3/b13-8+. The Balaban J connectivity index is 2.31. The monoisotopic (exact) mass is 252 g/mol. The second kappa shape index (κ2) is 8.08. The summed E-state index contributed by atoms with van der Waals surface area (Å²) in [6.45, 7) is 0.365. The van der Waals surface area contributed by atoms with Crippen molar-refractivity contribution in [2.75, 3.05) is 27.5 Å². The second-order valence-corrected chi connectivity index (χ2v) is 3.39. The number of hydrogen-bond donors (Lipinski definition) is 0. The third-order valence-corrected chi connectivity index (χ3v) is 1.94. The lowest BCUT2D eigenvalue weighted by molar-refractivity contribution is -0.0278. The van der Waals surface area contributed by atoms with Crippen LogP contribution < -0.4 is 4.74 Å². The number of benzene rings is 1. The minimum Gasteiger partial charge on any atom is -0.410 e. The molecule has 0 aromatic heterocycles. The van der Waals surface area contributed by atoms with Gasteiger partial charge in [0.1, 0.15) is 5.75 Å². The minimum atomic E-state index is -0.459. The van der Waals surface area contributed by atoms with Crippen LogP contribution in [0.4, 0.5) is 4.79 Å². The highest BCUT2D eigenvalue weighted by Gasteiger charge is 2.09. The summed E-state index contributed by atoms with van der Waals surface area (Å²) in [5, 5.41) is 3.59. The molecule has 0 radical (unpaired) electrons. The Hall–Kier alpha value is -2.08. The van der Waals surface area contributed by atoms with Crippen LogP contribution >= 0.6 is 0 Å². The SMILES string of the molecule is COCO/N=C/CN(C)C(=O)Oc1ccccc1. The van der Waals surface area contributed by atoms with Gasteiger partial charge in [-0.15, -0.1) is 0 Å². The van der Waals surface area contributed by atoms with E-state index in [1.807, 2.05) is 6.07 Å². The van der Waals surface area contributed by atoms with Gasteiger partial charge in [0.2, 0.25) is 6.79 Å². The number of oxime groups is 1. The van der Waals surface area contributed by atoms with Crippen LogP contribution in [0.5, 0.6) is 5.75 Å². The molecule has 18 heavy (non-hydrogen) atoms. The second-order valence-electron chi connectivity index (χ2n) is 3.39. The first-order valence-corrected chi connectivity index (χ1v) is 5.34. The highest BCUT2D eigenvalue weighted by Crippen LogP contribution is 2.09. The summed E-state index contributed by atoms with van der Waals surface area (Å²) in [5.41, 5.74) is 0. The summed E-state index contributed by atoms with van der Waals surface area (Å²) in [7, 11) is 3.10. The zero-order chi connectivity index (χ0) is 13.2. The number of ether oxygens (including phenoxy) is 2. The molecule has 6 heteroatoms. The van der Waals surface area contributed by atoms with E-state index in [2.05, 4.69) is 9.89 Å². The number of carbonyl (C=O) groups excluding carboxylic acids is 1. The molecule has 0 atom stereocenters. The normalized spacial score (nSPS) is 10.3. The van der Waals surface area contributed by atoms with Crippen LogP contribution in [0.3, 0.4) is 0 Å². The molecule has 1 rings (SSSR count).